The molecule has 1 aliphatic heterocycles. The van der Waals surface area contributed by atoms with Crippen molar-refractivity contribution in [2.75, 3.05) is 12.3 Å². The van der Waals surface area contributed by atoms with Crippen molar-refractivity contribution in [1.82, 2.24) is 14.9 Å². The molecule has 4 N–H and O–H groups in total. The predicted octanol–water partition coefficient (Wildman–Crippen LogP) is 1.60. The molecule has 3 rings (SSSR count). The molecule has 2 aromatic carbocycles. The molecule has 8 nitrogen and oxygen atoms in total. The van der Waals surface area contributed by atoms with Gasteiger partial charge < -0.3 is 11.1 Å². The molecule has 1 fully saturated rings. The summed E-state index contributed by atoms with van der Waals surface area (Å²) in [6, 6.07) is 11.5. The smallest absolute Gasteiger partial charge is 0.399 e. The van der Waals surface area contributed by atoms with Crippen LogP contribution in [0.1, 0.15) is 5.56 Å². The fourth-order valence-corrected chi connectivity index (χ4v) is 4.16. The van der Waals surface area contributed by atoms with Crippen LogP contribution in [0.4, 0.5) is 23.7 Å². The van der Waals surface area contributed by atoms with E-state index in [4.69, 9.17) is 5.73 Å². The van der Waals surface area contributed by atoms with Crippen LogP contribution in [0.25, 0.3) is 0 Å². The number of nitrogens with two attached hydrogens (primary N) is 1. The summed E-state index contributed by atoms with van der Waals surface area (Å²) in [6.07, 6.45) is -5.35. The Morgan fingerprint density at radius 2 is 1.63 bits per heavy atom. The molecular formula is C18H17F3N4O4S. The Balaban J connectivity index is 1.91. The summed E-state index contributed by atoms with van der Waals surface area (Å²) >= 11 is 0. The van der Waals surface area contributed by atoms with Gasteiger partial charge in [-0.1, -0.05) is 30.3 Å². The Kier molecular flexibility index (Phi) is 5.48. The molecule has 1 aliphatic rings. The van der Waals surface area contributed by atoms with Gasteiger partial charge in [-0.25, -0.2) is 13.2 Å². The summed E-state index contributed by atoms with van der Waals surface area (Å²) < 4.78 is 68.0. The van der Waals surface area contributed by atoms with E-state index in [9.17, 15) is 31.2 Å². The molecule has 30 heavy (non-hydrogen) atoms. The number of carbonyl (C=O) groups excluding carboxylic acids is 2. The first kappa shape index (κ1) is 21.6. The van der Waals surface area contributed by atoms with Gasteiger partial charge in [-0.3, -0.25) is 9.69 Å². The minimum atomic E-state index is -5.44. The number of anilines is 1. The number of sulfonamides is 1. The standard InChI is InChI=1S/C18H17F3N4O4S/c19-18(20,21)17(24-30(28,29)14-8-6-13(22)7-9-14)15(26)25(16(27)23-17)11-10-12-4-2-1-3-5-12/h1-9,24H,10-11,22H2,(H,23,27). The van der Waals surface area contributed by atoms with Gasteiger partial charge >= 0.3 is 12.2 Å². The Bertz CT molecular complexity index is 1060. The van der Waals surface area contributed by atoms with Crippen molar-refractivity contribution in [2.24, 2.45) is 0 Å². The van der Waals surface area contributed by atoms with E-state index in [1.165, 1.54) is 22.2 Å². The largest absolute Gasteiger partial charge is 0.435 e. The molecule has 1 atom stereocenters. The molecule has 0 aromatic heterocycles. The van der Waals surface area contributed by atoms with Crippen molar-refractivity contribution in [1.29, 1.82) is 0 Å². The molecule has 160 valence electrons. The molecule has 0 saturated carbocycles. The summed E-state index contributed by atoms with van der Waals surface area (Å²) in [5.74, 6) is -1.75. The quantitative estimate of drug-likeness (QED) is 0.464. The number of halogens is 3. The molecule has 12 heteroatoms. The Hall–Kier alpha value is -3.12. The van der Waals surface area contributed by atoms with Crippen molar-refractivity contribution in [3.8, 4) is 0 Å². The van der Waals surface area contributed by atoms with Crippen LogP contribution in [-0.2, 0) is 21.2 Å². The first-order chi connectivity index (χ1) is 14.0. The number of nitrogens with zero attached hydrogens (tertiary/aromatic N) is 1. The summed E-state index contributed by atoms with van der Waals surface area (Å²) in [6.45, 7) is -0.365. The van der Waals surface area contributed by atoms with Crippen LogP contribution in [0.15, 0.2) is 59.5 Å². The maximum absolute atomic E-state index is 13.9. The van der Waals surface area contributed by atoms with Crippen molar-refractivity contribution < 1.29 is 31.2 Å². The number of amides is 3. The van der Waals surface area contributed by atoms with Gasteiger partial charge in [0.1, 0.15) is 0 Å². The van der Waals surface area contributed by atoms with E-state index in [1.807, 2.05) is 0 Å². The molecule has 1 saturated heterocycles. The number of alkyl halides is 3. The molecule has 2 aromatic rings. The van der Waals surface area contributed by atoms with Crippen LogP contribution in [0.5, 0.6) is 0 Å². The van der Waals surface area contributed by atoms with Crippen molar-refractivity contribution >= 4 is 27.6 Å². The van der Waals surface area contributed by atoms with Gasteiger partial charge in [0.05, 0.1) is 4.90 Å². The second-order valence-corrected chi connectivity index (χ2v) is 8.23. The van der Waals surface area contributed by atoms with Gasteiger partial charge in [0.15, 0.2) is 0 Å². The van der Waals surface area contributed by atoms with E-state index in [2.05, 4.69) is 0 Å². The molecule has 0 spiro atoms. The predicted molar refractivity (Wildman–Crippen MR) is 100 cm³/mol. The minimum absolute atomic E-state index is 0.0959. The zero-order chi connectivity index (χ0) is 22.2. The van der Waals surface area contributed by atoms with Crippen molar-refractivity contribution in [2.45, 2.75) is 23.2 Å². The normalized spacial score (nSPS) is 19.8. The number of hydrogen-bond acceptors (Lipinski definition) is 5. The molecule has 0 radical (unpaired) electrons. The average Bonchev–Trinajstić information content (AvgIpc) is 2.91. The highest BCUT2D eigenvalue weighted by atomic mass is 32.2. The number of nitrogen functional groups attached to an aromatic ring is 1. The second kappa shape index (κ2) is 7.61. The van der Waals surface area contributed by atoms with Gasteiger partial charge in [-0.05, 0) is 36.2 Å². The highest BCUT2D eigenvalue weighted by Gasteiger charge is 2.69. The van der Waals surface area contributed by atoms with E-state index in [0.29, 0.717) is 10.5 Å². The Morgan fingerprint density at radius 3 is 2.20 bits per heavy atom. The maximum atomic E-state index is 13.9. The van der Waals surface area contributed by atoms with Crippen LogP contribution in [0.2, 0.25) is 0 Å². The number of benzene rings is 2. The van der Waals surface area contributed by atoms with Crippen LogP contribution in [0.3, 0.4) is 0 Å². The number of rotatable bonds is 6. The van der Waals surface area contributed by atoms with Gasteiger partial charge in [0, 0.05) is 12.2 Å². The fraction of sp³-hybridized carbons (Fsp3) is 0.222. The number of urea groups is 1. The molecule has 0 aliphatic carbocycles. The van der Waals surface area contributed by atoms with E-state index < -0.39 is 38.7 Å². The van der Waals surface area contributed by atoms with Crippen LogP contribution in [0, 0.1) is 0 Å². The van der Waals surface area contributed by atoms with Crippen molar-refractivity contribution in [3.63, 3.8) is 0 Å². The Morgan fingerprint density at radius 1 is 1.03 bits per heavy atom. The third-order valence-corrected chi connectivity index (χ3v) is 5.94. The molecule has 1 unspecified atom stereocenters. The zero-order valence-corrected chi connectivity index (χ0v) is 16.1. The van der Waals surface area contributed by atoms with Crippen molar-refractivity contribution in [3.05, 3.63) is 60.2 Å². The SMILES string of the molecule is Nc1ccc(S(=O)(=O)NC2(C(F)(F)F)NC(=O)N(CCc3ccccc3)C2=O)cc1. The van der Waals surface area contributed by atoms with Gasteiger partial charge in [0.2, 0.25) is 10.0 Å². The number of imide groups is 1. The highest BCUT2D eigenvalue weighted by molar-refractivity contribution is 7.89. The summed E-state index contributed by atoms with van der Waals surface area (Å²) in [4.78, 5) is 24.6. The van der Waals surface area contributed by atoms with Gasteiger partial charge in [-0.15, -0.1) is 0 Å². The fourth-order valence-electron chi connectivity index (χ4n) is 2.89. The third-order valence-electron chi connectivity index (χ3n) is 4.48. The Labute approximate surface area is 169 Å². The lowest BCUT2D eigenvalue weighted by molar-refractivity contribution is -0.198. The number of carbonyl (C=O) groups is 2. The monoisotopic (exact) mass is 442 g/mol. The van der Waals surface area contributed by atoms with Gasteiger partial charge in [-0.2, -0.15) is 17.9 Å². The lowest BCUT2D eigenvalue weighted by Crippen LogP contribution is -2.69. The summed E-state index contributed by atoms with van der Waals surface area (Å²) in [7, 11) is -4.84. The summed E-state index contributed by atoms with van der Waals surface area (Å²) in [5.41, 5.74) is 2.51. The first-order valence-electron chi connectivity index (χ1n) is 8.60. The minimum Gasteiger partial charge on any atom is -0.399 e. The number of hydrogen-bond donors (Lipinski definition) is 3. The lowest BCUT2D eigenvalue weighted by Gasteiger charge is -2.29. The third kappa shape index (κ3) is 3.96. The maximum Gasteiger partial charge on any atom is 0.435 e. The van der Waals surface area contributed by atoms with Gasteiger partial charge in [0.25, 0.3) is 11.6 Å². The average molecular weight is 442 g/mol. The van der Waals surface area contributed by atoms with Crippen LogP contribution in [-0.4, -0.2) is 43.6 Å². The molecule has 0 bridgehead atoms. The van der Waals surface area contributed by atoms with E-state index >= 15 is 0 Å². The van der Waals surface area contributed by atoms with Crippen LogP contribution >= 0.6 is 0 Å². The second-order valence-electron chi connectivity index (χ2n) is 6.54. The summed E-state index contributed by atoms with van der Waals surface area (Å²) in [5, 5.41) is 1.48. The van der Waals surface area contributed by atoms with E-state index in [1.54, 1.807) is 30.3 Å². The van der Waals surface area contributed by atoms with E-state index in [-0.39, 0.29) is 18.7 Å². The molecule has 1 heterocycles. The molecule has 3 amide bonds. The first-order valence-corrected chi connectivity index (χ1v) is 10.1. The van der Waals surface area contributed by atoms with E-state index in [0.717, 1.165) is 12.1 Å². The number of nitrogens with one attached hydrogen (secondary N) is 2. The molecular weight excluding hydrogens is 425 g/mol. The topological polar surface area (TPSA) is 122 Å². The highest BCUT2D eigenvalue weighted by Crippen LogP contribution is 2.35. The lowest BCUT2D eigenvalue weighted by atomic mass is 10.1. The zero-order valence-electron chi connectivity index (χ0n) is 15.3. The van der Waals surface area contributed by atoms with Crippen LogP contribution < -0.4 is 15.8 Å².